The Kier molecular flexibility index (Phi) is 5.48. The summed E-state index contributed by atoms with van der Waals surface area (Å²) in [6, 6.07) is 0. The number of nitrogens with zero attached hydrogens (tertiary/aromatic N) is 1. The first-order valence-electron chi connectivity index (χ1n) is 9.78. The van der Waals surface area contributed by atoms with Crippen LogP contribution in [0.2, 0.25) is 0 Å². The van der Waals surface area contributed by atoms with Gasteiger partial charge in [-0.15, -0.1) is 0 Å². The van der Waals surface area contributed by atoms with E-state index in [1.165, 1.54) is 56.3 Å². The van der Waals surface area contributed by atoms with Gasteiger partial charge in [-0.2, -0.15) is 0 Å². The van der Waals surface area contributed by atoms with Crippen molar-refractivity contribution < 1.29 is 9.53 Å². The minimum Gasteiger partial charge on any atom is -0.375 e. The molecule has 0 radical (unpaired) electrons. The summed E-state index contributed by atoms with van der Waals surface area (Å²) in [7, 11) is 1.70. The van der Waals surface area contributed by atoms with Crippen LogP contribution < -0.4 is 5.32 Å². The predicted molar refractivity (Wildman–Crippen MR) is 94.9 cm³/mol. The number of amides is 1. The maximum absolute atomic E-state index is 12.9. The summed E-state index contributed by atoms with van der Waals surface area (Å²) >= 11 is 0. The Morgan fingerprint density at radius 1 is 1.17 bits per heavy atom. The van der Waals surface area contributed by atoms with E-state index in [0.29, 0.717) is 18.4 Å². The van der Waals surface area contributed by atoms with Crippen molar-refractivity contribution in [2.45, 2.75) is 82.8 Å². The van der Waals surface area contributed by atoms with Gasteiger partial charge >= 0.3 is 0 Å². The van der Waals surface area contributed by atoms with Gasteiger partial charge in [0.1, 0.15) is 5.54 Å². The van der Waals surface area contributed by atoms with Gasteiger partial charge in [0.2, 0.25) is 0 Å². The van der Waals surface area contributed by atoms with E-state index in [-0.39, 0.29) is 18.0 Å². The van der Waals surface area contributed by atoms with Crippen LogP contribution >= 0.6 is 0 Å². The standard InChI is InChI=1S/C19H33N3O2/c1-14-8-6-7-11-16(14)24-13-19(12-15-9-4-3-5-10-15)17(23)22(2)18(20)21-19/h14-16H,3-13H2,1-2H3,(H2,20,21)/t14-,16+,19?/m0/s1. The van der Waals surface area contributed by atoms with Crippen LogP contribution in [-0.2, 0) is 9.53 Å². The van der Waals surface area contributed by atoms with Crippen molar-refractivity contribution >= 4 is 11.9 Å². The highest BCUT2D eigenvalue weighted by Crippen LogP contribution is 2.35. The number of likely N-dealkylation sites (N-methyl/N-ethyl adjacent to an activating group) is 1. The fourth-order valence-electron chi connectivity index (χ4n) is 4.74. The summed E-state index contributed by atoms with van der Waals surface area (Å²) < 4.78 is 6.28. The molecule has 0 aromatic carbocycles. The van der Waals surface area contributed by atoms with Gasteiger partial charge in [0.25, 0.3) is 5.91 Å². The average molecular weight is 335 g/mol. The number of guanidine groups is 1. The van der Waals surface area contributed by atoms with Crippen LogP contribution in [0.5, 0.6) is 0 Å². The first kappa shape index (κ1) is 17.7. The van der Waals surface area contributed by atoms with E-state index >= 15 is 0 Å². The summed E-state index contributed by atoms with van der Waals surface area (Å²) in [6.45, 7) is 2.67. The van der Waals surface area contributed by atoms with Crippen molar-refractivity contribution in [3.8, 4) is 0 Å². The van der Waals surface area contributed by atoms with E-state index in [0.717, 1.165) is 12.8 Å². The van der Waals surface area contributed by atoms with Crippen molar-refractivity contribution in [1.82, 2.24) is 10.2 Å². The van der Waals surface area contributed by atoms with Crippen molar-refractivity contribution in [3.63, 3.8) is 0 Å². The molecule has 1 saturated heterocycles. The van der Waals surface area contributed by atoms with Crippen molar-refractivity contribution in [2.24, 2.45) is 11.8 Å². The average Bonchev–Trinajstić information content (AvgIpc) is 2.79. The number of hydrogen-bond donors (Lipinski definition) is 2. The second-order valence-corrected chi connectivity index (χ2v) is 8.24. The van der Waals surface area contributed by atoms with Gasteiger partial charge in [0.05, 0.1) is 12.7 Å². The van der Waals surface area contributed by atoms with Crippen molar-refractivity contribution in [2.75, 3.05) is 13.7 Å². The van der Waals surface area contributed by atoms with E-state index < -0.39 is 5.54 Å². The third-order valence-corrected chi connectivity index (χ3v) is 6.35. The monoisotopic (exact) mass is 335 g/mol. The topological polar surface area (TPSA) is 65.4 Å². The highest BCUT2D eigenvalue weighted by molar-refractivity contribution is 6.07. The van der Waals surface area contributed by atoms with Gasteiger partial charge < -0.3 is 10.1 Å². The van der Waals surface area contributed by atoms with Crippen molar-refractivity contribution in [3.05, 3.63) is 0 Å². The summed E-state index contributed by atoms with van der Waals surface area (Å²) in [5, 5.41) is 11.3. The molecule has 2 N–H and O–H groups in total. The zero-order chi connectivity index (χ0) is 17.2. The molecule has 1 heterocycles. The molecule has 3 fully saturated rings. The van der Waals surface area contributed by atoms with Gasteiger partial charge in [0, 0.05) is 7.05 Å². The normalized spacial score (nSPS) is 35.3. The Hall–Kier alpha value is -1.10. The molecule has 0 aromatic heterocycles. The van der Waals surface area contributed by atoms with Gasteiger partial charge in [-0.05, 0) is 31.1 Å². The summed E-state index contributed by atoms with van der Waals surface area (Å²) in [5.74, 6) is 1.37. The van der Waals surface area contributed by atoms with Crippen LogP contribution in [0.1, 0.15) is 71.1 Å². The lowest BCUT2D eigenvalue weighted by Gasteiger charge is -2.36. The molecule has 1 unspecified atom stereocenters. The van der Waals surface area contributed by atoms with Gasteiger partial charge in [-0.25, -0.2) is 0 Å². The highest BCUT2D eigenvalue weighted by atomic mass is 16.5. The number of ether oxygens (including phenoxy) is 1. The predicted octanol–water partition coefficient (Wildman–Crippen LogP) is 3.29. The first-order chi connectivity index (χ1) is 11.5. The molecule has 0 bridgehead atoms. The summed E-state index contributed by atoms with van der Waals surface area (Å²) in [6.07, 6.45) is 12.2. The highest BCUT2D eigenvalue weighted by Gasteiger charge is 2.50. The van der Waals surface area contributed by atoms with Crippen LogP contribution in [0.4, 0.5) is 0 Å². The Morgan fingerprint density at radius 3 is 2.46 bits per heavy atom. The largest absolute Gasteiger partial charge is 0.375 e. The summed E-state index contributed by atoms with van der Waals surface area (Å²) in [4.78, 5) is 14.4. The van der Waals surface area contributed by atoms with E-state index in [2.05, 4.69) is 12.2 Å². The molecule has 2 saturated carbocycles. The van der Waals surface area contributed by atoms with Gasteiger partial charge in [-0.1, -0.05) is 51.9 Å². The third-order valence-electron chi connectivity index (χ3n) is 6.35. The minimum atomic E-state index is -0.717. The lowest BCUT2D eigenvalue weighted by molar-refractivity contribution is -0.135. The molecule has 1 amide bonds. The molecule has 5 nitrogen and oxygen atoms in total. The molecule has 3 rings (SSSR count). The molecule has 5 heteroatoms. The number of carbonyl (C=O) groups is 1. The van der Waals surface area contributed by atoms with Crippen LogP contribution in [0.3, 0.4) is 0 Å². The van der Waals surface area contributed by atoms with E-state index in [4.69, 9.17) is 10.1 Å². The zero-order valence-corrected chi connectivity index (χ0v) is 15.3. The lowest BCUT2D eigenvalue weighted by Crippen LogP contribution is -2.53. The fourth-order valence-corrected chi connectivity index (χ4v) is 4.74. The minimum absolute atomic E-state index is 0.0153. The molecule has 0 spiro atoms. The van der Waals surface area contributed by atoms with Crippen LogP contribution in [0, 0.1) is 17.2 Å². The molecule has 136 valence electrons. The maximum atomic E-state index is 12.9. The quantitative estimate of drug-likeness (QED) is 0.810. The molecular weight excluding hydrogens is 302 g/mol. The Balaban J connectivity index is 1.69. The summed E-state index contributed by atoms with van der Waals surface area (Å²) in [5.41, 5.74) is -0.717. The van der Waals surface area contributed by atoms with Crippen molar-refractivity contribution in [1.29, 1.82) is 5.41 Å². The molecule has 2 aliphatic carbocycles. The number of nitrogens with one attached hydrogen (secondary N) is 2. The van der Waals surface area contributed by atoms with E-state index in [1.54, 1.807) is 7.05 Å². The zero-order valence-electron chi connectivity index (χ0n) is 15.3. The first-order valence-corrected chi connectivity index (χ1v) is 9.78. The van der Waals surface area contributed by atoms with Crippen LogP contribution in [-0.4, -0.2) is 42.1 Å². The second-order valence-electron chi connectivity index (χ2n) is 8.24. The van der Waals surface area contributed by atoms with E-state index in [1.807, 2.05) is 0 Å². The van der Waals surface area contributed by atoms with Gasteiger partial charge in [0.15, 0.2) is 5.96 Å². The Bertz CT molecular complexity index is 475. The number of rotatable bonds is 5. The number of carbonyl (C=O) groups excluding carboxylic acids is 1. The fraction of sp³-hybridized carbons (Fsp3) is 0.895. The lowest BCUT2D eigenvalue weighted by atomic mass is 9.79. The Labute approximate surface area is 146 Å². The number of hydrogen-bond acceptors (Lipinski definition) is 3. The van der Waals surface area contributed by atoms with Gasteiger partial charge in [-0.3, -0.25) is 15.1 Å². The maximum Gasteiger partial charge on any atom is 0.257 e. The molecule has 3 atom stereocenters. The third kappa shape index (κ3) is 3.61. The van der Waals surface area contributed by atoms with Crippen LogP contribution in [0.25, 0.3) is 0 Å². The second kappa shape index (κ2) is 7.42. The molecule has 1 aliphatic heterocycles. The SMILES string of the molecule is C[C@H]1CCCC[C@H]1OCC1(CC2CCCCC2)NC(=N)N(C)C1=O. The van der Waals surface area contributed by atoms with Crippen LogP contribution in [0.15, 0.2) is 0 Å². The molecule has 24 heavy (non-hydrogen) atoms. The smallest absolute Gasteiger partial charge is 0.257 e. The molecule has 3 aliphatic rings. The van der Waals surface area contributed by atoms with E-state index in [9.17, 15) is 4.79 Å². The molecule has 0 aromatic rings. The molecular formula is C19H33N3O2. The Morgan fingerprint density at radius 2 is 1.83 bits per heavy atom.